The second-order valence-electron chi connectivity index (χ2n) is 6.99. The summed E-state index contributed by atoms with van der Waals surface area (Å²) in [7, 11) is 0. The molecule has 5 rings (SSSR count). The number of hydrogen-bond acceptors (Lipinski definition) is 2. The molecule has 0 aliphatic heterocycles. The average molecular weight is 372 g/mol. The number of nitrogens with zero attached hydrogens (tertiary/aromatic N) is 1. The lowest BCUT2D eigenvalue weighted by atomic mass is 10.00. The van der Waals surface area contributed by atoms with E-state index in [1.165, 1.54) is 6.07 Å². The van der Waals surface area contributed by atoms with Gasteiger partial charge in [0.15, 0.2) is 0 Å². The predicted octanol–water partition coefficient (Wildman–Crippen LogP) is 7.53. The van der Waals surface area contributed by atoms with Crippen molar-refractivity contribution >= 4 is 42.3 Å². The van der Waals surface area contributed by atoms with Gasteiger partial charge in [0, 0.05) is 44.1 Å². The smallest absolute Gasteiger partial charge is 0.131 e. The first-order valence-electron chi connectivity index (χ1n) is 9.43. The van der Waals surface area contributed by atoms with Crippen LogP contribution in [0.25, 0.3) is 42.2 Å². The molecule has 0 saturated carbocycles. The highest BCUT2D eigenvalue weighted by atomic mass is 32.1. The van der Waals surface area contributed by atoms with Crippen molar-refractivity contribution < 1.29 is 5.76 Å². The molecule has 0 saturated heterocycles. The molecule has 0 N–H and O–H groups in total. The van der Waals surface area contributed by atoms with Crippen molar-refractivity contribution in [1.82, 2.24) is 4.98 Å². The lowest BCUT2D eigenvalue weighted by Gasteiger charge is -2.08. The maximum absolute atomic E-state index is 14.2. The van der Waals surface area contributed by atoms with Crippen LogP contribution < -0.4 is 0 Å². The minimum absolute atomic E-state index is 0.191. The second-order valence-corrected chi connectivity index (χ2v) is 8.01. The number of rotatable bonds is 2. The summed E-state index contributed by atoms with van der Waals surface area (Å²) >= 11 is 1.68. The van der Waals surface area contributed by atoms with E-state index >= 15 is 0 Å². The fraction of sp³-hybridized carbons (Fsp3) is 0.125. The molecule has 1 nitrogen and oxygen atoms in total. The molecule has 0 aliphatic rings. The highest BCUT2D eigenvalue weighted by molar-refractivity contribution is 7.27. The summed E-state index contributed by atoms with van der Waals surface area (Å²) in [6, 6.07) is 19.3. The molecule has 132 valence electrons. The Hall–Kier alpha value is -2.78. The summed E-state index contributed by atoms with van der Waals surface area (Å²) in [5, 5.41) is 3.88. The lowest BCUT2D eigenvalue weighted by molar-refractivity contribution is 0.640. The molecular weight excluding hydrogens is 353 g/mol. The molecular formula is C24H18FNS. The molecule has 27 heavy (non-hydrogen) atoms. The average Bonchev–Trinajstić information content (AvgIpc) is 3.07. The fourth-order valence-corrected chi connectivity index (χ4v) is 5.02. The molecule has 2 aromatic heterocycles. The van der Waals surface area contributed by atoms with Gasteiger partial charge in [-0.3, -0.25) is 4.98 Å². The quantitative estimate of drug-likeness (QED) is 0.312. The van der Waals surface area contributed by atoms with Gasteiger partial charge in [0.1, 0.15) is 5.82 Å². The molecule has 5 aromatic rings. The highest BCUT2D eigenvalue weighted by Crippen LogP contribution is 2.42. The van der Waals surface area contributed by atoms with Crippen LogP contribution in [0, 0.1) is 5.82 Å². The van der Waals surface area contributed by atoms with Crippen LogP contribution in [0.1, 0.15) is 26.7 Å². The van der Waals surface area contributed by atoms with Crippen molar-refractivity contribution in [2.45, 2.75) is 19.7 Å². The Bertz CT molecular complexity index is 1360. The SMILES string of the molecule is [2H]C(C)(C)c1ccnc(-c2cccc3c2sc2c4cccc(F)c4ccc32)c1. The van der Waals surface area contributed by atoms with Crippen molar-refractivity contribution in [1.29, 1.82) is 0 Å². The number of benzene rings is 3. The van der Waals surface area contributed by atoms with Crippen LogP contribution in [0.2, 0.25) is 0 Å². The monoisotopic (exact) mass is 372 g/mol. The summed E-state index contributed by atoms with van der Waals surface area (Å²) in [5.41, 5.74) is 2.85. The number of thiophene rings is 1. The highest BCUT2D eigenvalue weighted by Gasteiger charge is 2.14. The van der Waals surface area contributed by atoms with Crippen LogP contribution in [0.5, 0.6) is 0 Å². The summed E-state index contributed by atoms with van der Waals surface area (Å²) in [5.74, 6) is -0.872. The summed E-state index contributed by atoms with van der Waals surface area (Å²) in [6.07, 6.45) is 1.78. The third-order valence-electron chi connectivity index (χ3n) is 5.08. The van der Waals surface area contributed by atoms with Crippen LogP contribution in [0.15, 0.2) is 66.9 Å². The minimum atomic E-state index is -0.681. The van der Waals surface area contributed by atoms with Crippen molar-refractivity contribution in [3.8, 4) is 11.3 Å². The van der Waals surface area contributed by atoms with E-state index in [4.69, 9.17) is 1.37 Å². The topological polar surface area (TPSA) is 12.9 Å². The van der Waals surface area contributed by atoms with E-state index < -0.39 is 5.89 Å². The maximum Gasteiger partial charge on any atom is 0.131 e. The van der Waals surface area contributed by atoms with Gasteiger partial charge >= 0.3 is 0 Å². The van der Waals surface area contributed by atoms with Crippen LogP contribution in [-0.4, -0.2) is 4.98 Å². The molecule has 0 aliphatic carbocycles. The summed E-state index contributed by atoms with van der Waals surface area (Å²) < 4.78 is 24.8. The zero-order chi connectivity index (χ0) is 19.5. The Balaban J connectivity index is 1.83. The molecule has 0 amide bonds. The third kappa shape index (κ3) is 2.54. The largest absolute Gasteiger partial charge is 0.256 e. The molecule has 0 unspecified atom stereocenters. The van der Waals surface area contributed by atoms with E-state index in [-0.39, 0.29) is 5.82 Å². The number of halogens is 1. The van der Waals surface area contributed by atoms with Crippen molar-refractivity contribution in [3.05, 3.63) is 78.2 Å². The van der Waals surface area contributed by atoms with Crippen LogP contribution in [0.3, 0.4) is 0 Å². The predicted molar refractivity (Wildman–Crippen MR) is 114 cm³/mol. The first kappa shape index (κ1) is 15.3. The Morgan fingerprint density at radius 1 is 0.889 bits per heavy atom. The van der Waals surface area contributed by atoms with E-state index in [0.717, 1.165) is 42.4 Å². The van der Waals surface area contributed by atoms with E-state index in [1.807, 2.05) is 50.2 Å². The standard InChI is InChI=1S/C24H18FNS/c1-14(2)15-11-12-26-22(13-15)20-7-3-5-18-19-10-9-16-17(6-4-8-21(16)25)23(19)27-24(18)20/h3-14H,1-2H3/i14D. The first-order valence-corrected chi connectivity index (χ1v) is 9.74. The molecule has 2 heterocycles. The molecule has 0 atom stereocenters. The van der Waals surface area contributed by atoms with Gasteiger partial charge in [0.2, 0.25) is 0 Å². The summed E-state index contributed by atoms with van der Waals surface area (Å²) in [4.78, 5) is 4.58. The van der Waals surface area contributed by atoms with E-state index in [2.05, 4.69) is 17.1 Å². The van der Waals surface area contributed by atoms with Gasteiger partial charge in [-0.1, -0.05) is 56.3 Å². The third-order valence-corrected chi connectivity index (χ3v) is 6.37. The fourth-order valence-electron chi connectivity index (χ4n) is 3.67. The van der Waals surface area contributed by atoms with Crippen LogP contribution >= 0.6 is 11.3 Å². The maximum atomic E-state index is 14.2. The van der Waals surface area contributed by atoms with Gasteiger partial charge < -0.3 is 0 Å². The Morgan fingerprint density at radius 3 is 2.41 bits per heavy atom. The number of pyridine rings is 1. The van der Waals surface area contributed by atoms with E-state index in [0.29, 0.717) is 5.39 Å². The Labute approximate surface area is 162 Å². The zero-order valence-electron chi connectivity index (χ0n) is 16.1. The van der Waals surface area contributed by atoms with Crippen molar-refractivity contribution in [2.24, 2.45) is 0 Å². The van der Waals surface area contributed by atoms with Crippen LogP contribution in [-0.2, 0) is 0 Å². The molecule has 0 bridgehead atoms. The lowest BCUT2D eigenvalue weighted by Crippen LogP contribution is -1.90. The van der Waals surface area contributed by atoms with Gasteiger partial charge in [-0.15, -0.1) is 11.3 Å². The Morgan fingerprint density at radius 2 is 1.59 bits per heavy atom. The summed E-state index contributed by atoms with van der Waals surface area (Å²) in [6.45, 7) is 3.76. The van der Waals surface area contributed by atoms with Gasteiger partial charge in [-0.05, 0) is 29.7 Å². The molecule has 0 fully saturated rings. The van der Waals surface area contributed by atoms with Crippen molar-refractivity contribution in [3.63, 3.8) is 0 Å². The molecule has 0 radical (unpaired) electrons. The number of fused-ring (bicyclic) bond motifs is 5. The van der Waals surface area contributed by atoms with Crippen LogP contribution in [0.4, 0.5) is 4.39 Å². The van der Waals surface area contributed by atoms with Gasteiger partial charge in [-0.25, -0.2) is 4.39 Å². The second kappa shape index (κ2) is 6.14. The van der Waals surface area contributed by atoms with Gasteiger partial charge in [0.05, 0.1) is 5.69 Å². The normalized spacial score (nSPS) is 12.8. The minimum Gasteiger partial charge on any atom is -0.256 e. The molecule has 0 spiro atoms. The number of aromatic nitrogens is 1. The molecule has 3 aromatic carbocycles. The number of hydrogen-bond donors (Lipinski definition) is 0. The van der Waals surface area contributed by atoms with Gasteiger partial charge in [0.25, 0.3) is 0 Å². The molecule has 3 heteroatoms. The first-order chi connectivity index (χ1) is 13.4. The van der Waals surface area contributed by atoms with Gasteiger partial charge in [-0.2, -0.15) is 0 Å². The van der Waals surface area contributed by atoms with E-state index in [9.17, 15) is 4.39 Å². The zero-order valence-corrected chi connectivity index (χ0v) is 15.9. The van der Waals surface area contributed by atoms with E-state index in [1.54, 1.807) is 23.6 Å². The Kier molecular flexibility index (Phi) is 3.48. The van der Waals surface area contributed by atoms with Crippen molar-refractivity contribution in [2.75, 3.05) is 0 Å².